The number of benzene rings is 1. The number of fused-ring (bicyclic) bond motifs is 2. The van der Waals surface area contributed by atoms with Gasteiger partial charge >= 0.3 is 0 Å². The molecule has 4 rings (SSSR count). The molecule has 0 bridgehead atoms. The number of hydrogen-bond acceptors (Lipinski definition) is 5. The van der Waals surface area contributed by atoms with Crippen LogP contribution in [0.3, 0.4) is 0 Å². The number of hydrogen-bond donors (Lipinski definition) is 0. The molecule has 0 saturated heterocycles. The predicted octanol–water partition coefficient (Wildman–Crippen LogP) is 2.98. The summed E-state index contributed by atoms with van der Waals surface area (Å²) in [6, 6.07) is 8.63. The minimum Gasteiger partial charge on any atom is -0.497 e. The van der Waals surface area contributed by atoms with E-state index in [0.29, 0.717) is 30.2 Å². The Bertz CT molecular complexity index is 1040. The first kappa shape index (κ1) is 18.7. The van der Waals surface area contributed by atoms with E-state index in [-0.39, 0.29) is 11.6 Å². The Balaban J connectivity index is 1.69. The average Bonchev–Trinajstić information content (AvgIpc) is 3.13. The Morgan fingerprint density at radius 2 is 2.00 bits per heavy atom. The lowest BCUT2D eigenvalue weighted by Crippen LogP contribution is -2.46. The molecule has 1 aliphatic heterocycles. The minimum absolute atomic E-state index is 0.0226. The highest BCUT2D eigenvalue weighted by molar-refractivity contribution is 5.73. The summed E-state index contributed by atoms with van der Waals surface area (Å²) in [7, 11) is 1.68. The monoisotopic (exact) mass is 381 g/mol. The van der Waals surface area contributed by atoms with Gasteiger partial charge in [-0.05, 0) is 38.0 Å². The van der Waals surface area contributed by atoms with Gasteiger partial charge < -0.3 is 4.74 Å². The van der Waals surface area contributed by atoms with E-state index >= 15 is 0 Å². The van der Waals surface area contributed by atoms with E-state index < -0.39 is 0 Å². The maximum absolute atomic E-state index is 13.0. The second-order valence-electron chi connectivity index (χ2n) is 7.68. The number of nitrogens with zero attached hydrogens (tertiary/aromatic N) is 5. The lowest BCUT2D eigenvalue weighted by Gasteiger charge is -2.36. The summed E-state index contributed by atoms with van der Waals surface area (Å²) < 4.78 is 8.93. The molecule has 0 spiro atoms. The molecule has 2 aromatic heterocycles. The molecule has 0 aliphatic carbocycles. The molecular formula is C21H27N5O2. The minimum atomic E-state index is 0.0226. The third kappa shape index (κ3) is 3.20. The van der Waals surface area contributed by atoms with Crippen molar-refractivity contribution in [1.29, 1.82) is 0 Å². The van der Waals surface area contributed by atoms with Gasteiger partial charge in [-0.1, -0.05) is 19.1 Å². The zero-order chi connectivity index (χ0) is 19.8. The van der Waals surface area contributed by atoms with Crippen molar-refractivity contribution in [3.8, 4) is 5.75 Å². The van der Waals surface area contributed by atoms with Crippen LogP contribution in [0, 0.1) is 0 Å². The standard InChI is InChI=1S/C21H27N5O2/c1-5-16-12-25-19(13-24(16)11-15-6-8-17(28-4)9-7-15)23-20-18(21(25)27)10-22-26(20)14(2)3/h6-10,14,16H,5,11-13H2,1-4H3. The quantitative estimate of drug-likeness (QED) is 0.680. The van der Waals surface area contributed by atoms with Crippen LogP contribution in [0.5, 0.6) is 5.75 Å². The first-order chi connectivity index (χ1) is 13.5. The van der Waals surface area contributed by atoms with Crippen molar-refractivity contribution in [1.82, 2.24) is 24.2 Å². The SMILES string of the molecule is CCC1Cn2c(nc3c(cnn3C(C)C)c2=O)CN1Cc1ccc(OC)cc1. The molecule has 3 heterocycles. The fourth-order valence-electron chi connectivity index (χ4n) is 3.92. The largest absolute Gasteiger partial charge is 0.497 e. The normalized spacial score (nSPS) is 17.2. The Morgan fingerprint density at radius 3 is 2.64 bits per heavy atom. The van der Waals surface area contributed by atoms with Gasteiger partial charge in [0.25, 0.3) is 5.56 Å². The van der Waals surface area contributed by atoms with Crippen LogP contribution >= 0.6 is 0 Å². The molecule has 3 aromatic rings. The first-order valence-corrected chi connectivity index (χ1v) is 9.85. The van der Waals surface area contributed by atoms with Crippen molar-refractivity contribution >= 4 is 11.0 Å². The van der Waals surface area contributed by atoms with Gasteiger partial charge in [0.1, 0.15) is 17.0 Å². The molecule has 7 heteroatoms. The zero-order valence-corrected chi connectivity index (χ0v) is 16.9. The molecule has 1 aliphatic rings. The van der Waals surface area contributed by atoms with Crippen molar-refractivity contribution < 1.29 is 4.74 Å². The van der Waals surface area contributed by atoms with Gasteiger partial charge in [-0.15, -0.1) is 0 Å². The highest BCUT2D eigenvalue weighted by Gasteiger charge is 2.28. The lowest BCUT2D eigenvalue weighted by atomic mass is 10.1. The number of rotatable bonds is 5. The molecule has 28 heavy (non-hydrogen) atoms. The van der Waals surface area contributed by atoms with Crippen LogP contribution in [-0.2, 0) is 19.6 Å². The Hall–Kier alpha value is -2.67. The number of ether oxygens (including phenoxy) is 1. The molecule has 1 aromatic carbocycles. The Labute approximate surface area is 164 Å². The van der Waals surface area contributed by atoms with Gasteiger partial charge in [-0.3, -0.25) is 14.3 Å². The fourth-order valence-corrected chi connectivity index (χ4v) is 3.92. The molecule has 1 atom stereocenters. The first-order valence-electron chi connectivity index (χ1n) is 9.85. The van der Waals surface area contributed by atoms with Crippen LogP contribution in [0.15, 0.2) is 35.3 Å². The van der Waals surface area contributed by atoms with Crippen molar-refractivity contribution in [2.75, 3.05) is 7.11 Å². The van der Waals surface area contributed by atoms with Gasteiger partial charge in [-0.2, -0.15) is 5.10 Å². The highest BCUT2D eigenvalue weighted by Crippen LogP contribution is 2.23. The summed E-state index contributed by atoms with van der Waals surface area (Å²) in [5.74, 6) is 1.68. The van der Waals surface area contributed by atoms with E-state index in [9.17, 15) is 4.79 Å². The van der Waals surface area contributed by atoms with E-state index in [4.69, 9.17) is 9.72 Å². The fraction of sp³-hybridized carbons (Fsp3) is 0.476. The van der Waals surface area contributed by atoms with Crippen LogP contribution in [0.25, 0.3) is 11.0 Å². The molecule has 1 unspecified atom stereocenters. The lowest BCUT2D eigenvalue weighted by molar-refractivity contribution is 0.121. The van der Waals surface area contributed by atoms with E-state index in [0.717, 1.165) is 24.5 Å². The van der Waals surface area contributed by atoms with E-state index in [2.05, 4.69) is 29.1 Å². The summed E-state index contributed by atoms with van der Waals surface area (Å²) >= 11 is 0. The zero-order valence-electron chi connectivity index (χ0n) is 16.9. The third-order valence-electron chi connectivity index (χ3n) is 5.55. The van der Waals surface area contributed by atoms with Gasteiger partial charge in [0, 0.05) is 25.2 Å². The van der Waals surface area contributed by atoms with Gasteiger partial charge in [0.2, 0.25) is 0 Å². The van der Waals surface area contributed by atoms with Crippen LogP contribution < -0.4 is 10.3 Å². The molecule has 0 saturated carbocycles. The van der Waals surface area contributed by atoms with Crippen LogP contribution in [0.2, 0.25) is 0 Å². The maximum Gasteiger partial charge on any atom is 0.264 e. The Kier molecular flexibility index (Phi) is 4.93. The van der Waals surface area contributed by atoms with Gasteiger partial charge in [0.15, 0.2) is 5.65 Å². The van der Waals surface area contributed by atoms with Crippen LogP contribution in [0.4, 0.5) is 0 Å². The number of methoxy groups -OCH3 is 1. The average molecular weight is 381 g/mol. The van der Waals surface area contributed by atoms with Crippen molar-refractivity contribution in [3.63, 3.8) is 0 Å². The molecule has 7 nitrogen and oxygen atoms in total. The highest BCUT2D eigenvalue weighted by atomic mass is 16.5. The maximum atomic E-state index is 13.0. The predicted molar refractivity (Wildman–Crippen MR) is 108 cm³/mol. The molecule has 0 fully saturated rings. The van der Waals surface area contributed by atoms with E-state index in [1.807, 2.05) is 35.2 Å². The second kappa shape index (κ2) is 7.39. The molecule has 0 radical (unpaired) electrons. The van der Waals surface area contributed by atoms with E-state index in [1.165, 1.54) is 5.56 Å². The van der Waals surface area contributed by atoms with Crippen molar-refractivity contribution in [2.45, 2.75) is 58.9 Å². The smallest absolute Gasteiger partial charge is 0.264 e. The molecule has 0 N–H and O–H groups in total. The molecule has 0 amide bonds. The Morgan fingerprint density at radius 1 is 1.25 bits per heavy atom. The van der Waals surface area contributed by atoms with E-state index in [1.54, 1.807) is 13.3 Å². The third-order valence-corrected chi connectivity index (χ3v) is 5.55. The topological polar surface area (TPSA) is 65.2 Å². The van der Waals surface area contributed by atoms with Crippen LogP contribution in [-0.4, -0.2) is 37.4 Å². The second-order valence-corrected chi connectivity index (χ2v) is 7.68. The summed E-state index contributed by atoms with van der Waals surface area (Å²) in [5, 5.41) is 4.99. The van der Waals surface area contributed by atoms with Crippen LogP contribution in [0.1, 0.15) is 44.6 Å². The number of aromatic nitrogens is 4. The summed E-state index contributed by atoms with van der Waals surface area (Å²) in [6.45, 7) is 8.41. The summed E-state index contributed by atoms with van der Waals surface area (Å²) in [6.07, 6.45) is 2.63. The van der Waals surface area contributed by atoms with Gasteiger partial charge in [-0.25, -0.2) is 9.67 Å². The molecule has 148 valence electrons. The van der Waals surface area contributed by atoms with Crippen molar-refractivity contribution in [2.24, 2.45) is 0 Å². The van der Waals surface area contributed by atoms with Gasteiger partial charge in [0.05, 0.1) is 19.9 Å². The molecular weight excluding hydrogens is 354 g/mol. The summed E-state index contributed by atoms with van der Waals surface area (Å²) in [4.78, 5) is 20.3. The van der Waals surface area contributed by atoms with Crippen molar-refractivity contribution in [3.05, 3.63) is 52.2 Å². The summed E-state index contributed by atoms with van der Waals surface area (Å²) in [5.41, 5.74) is 1.93.